The fourth-order valence-electron chi connectivity index (χ4n) is 4.16. The van der Waals surface area contributed by atoms with E-state index in [0.29, 0.717) is 11.2 Å². The highest BCUT2D eigenvalue weighted by molar-refractivity contribution is 7.51. The number of aliphatic hydroxyl groups is 2. The highest BCUT2D eigenvalue weighted by Gasteiger charge is 2.55. The molecule has 3 heterocycles. The average molecular weight is 585 g/mol. The average Bonchev–Trinajstić information content (AvgIpc) is 3.41. The van der Waals surface area contributed by atoms with Crippen LogP contribution in [0, 0.1) is 16.7 Å². The number of nitrogens with one attached hydrogen (secondary N) is 1. The van der Waals surface area contributed by atoms with E-state index >= 15 is 0 Å². The van der Waals surface area contributed by atoms with Gasteiger partial charge in [0.15, 0.2) is 18.7 Å². The highest BCUT2D eigenvalue weighted by atomic mass is 31.2. The second-order valence-electron chi connectivity index (χ2n) is 10.2. The molecule has 3 rings (SSSR count). The maximum atomic E-state index is 13.7. The van der Waals surface area contributed by atoms with Gasteiger partial charge in [-0.15, -0.1) is 0 Å². The molecule has 1 aliphatic heterocycles. The van der Waals surface area contributed by atoms with Crippen LogP contribution in [0.3, 0.4) is 0 Å². The van der Waals surface area contributed by atoms with Gasteiger partial charge in [0.25, 0.3) is 0 Å². The number of fused-ring (bicyclic) bond motifs is 1. The molecule has 0 bridgehead atoms. The highest BCUT2D eigenvalue weighted by Crippen LogP contribution is 2.50. The quantitative estimate of drug-likeness (QED) is 0.149. The van der Waals surface area contributed by atoms with E-state index in [0.717, 1.165) is 0 Å². The van der Waals surface area contributed by atoms with E-state index in [1.165, 1.54) is 24.7 Å². The molecule has 5 N–H and O–H groups in total. The summed E-state index contributed by atoms with van der Waals surface area (Å²) in [5.74, 6) is -0.570. The number of ether oxygens (including phenoxy) is 3. The van der Waals surface area contributed by atoms with E-state index < -0.39 is 69.1 Å². The van der Waals surface area contributed by atoms with Gasteiger partial charge in [-0.05, 0) is 53.7 Å². The number of rotatable bonds is 13. The van der Waals surface area contributed by atoms with Gasteiger partial charge >= 0.3 is 13.7 Å². The number of anilines is 1. The van der Waals surface area contributed by atoms with Crippen LogP contribution in [0.15, 0.2) is 18.5 Å². The summed E-state index contributed by atoms with van der Waals surface area (Å²) in [7, 11) is -4.33. The van der Waals surface area contributed by atoms with E-state index in [-0.39, 0.29) is 11.9 Å². The zero-order valence-electron chi connectivity index (χ0n) is 23.3. The number of nitrogens with zero attached hydrogens (tertiary/aromatic N) is 4. The summed E-state index contributed by atoms with van der Waals surface area (Å²) in [5.41, 5.74) is 5.39. The van der Waals surface area contributed by atoms with Crippen LogP contribution in [0.2, 0.25) is 0 Å². The molecule has 1 saturated heterocycles. The summed E-state index contributed by atoms with van der Waals surface area (Å²) >= 11 is 0. The molecule has 0 amide bonds. The predicted molar refractivity (Wildman–Crippen MR) is 140 cm³/mol. The Labute approximate surface area is 232 Å². The third kappa shape index (κ3) is 7.15. The molecule has 1 aliphatic rings. The maximum Gasteiger partial charge on any atom is 0.406 e. The number of carbonyl (C=O) groups is 1. The number of nitriles is 1. The smallest absolute Gasteiger partial charge is 0.406 e. The molecule has 7 atom stereocenters. The molecule has 0 spiro atoms. The number of aliphatic hydroxyl groups excluding tert-OH is 2. The van der Waals surface area contributed by atoms with Gasteiger partial charge in [-0.3, -0.25) is 9.05 Å². The van der Waals surface area contributed by atoms with Crippen LogP contribution in [0.25, 0.3) is 5.52 Å². The lowest BCUT2D eigenvalue weighted by Crippen LogP contribution is -2.40. The topological polar surface area (TPSA) is 213 Å². The molecule has 15 nitrogen and oxygen atoms in total. The predicted octanol–water partition coefficient (Wildman–Crippen LogP) is 1.46. The fourth-order valence-corrected chi connectivity index (χ4v) is 5.63. The Morgan fingerprint density at radius 2 is 2.00 bits per heavy atom. The van der Waals surface area contributed by atoms with Crippen LogP contribution < -0.4 is 10.8 Å². The Kier molecular flexibility index (Phi) is 10.3. The summed E-state index contributed by atoms with van der Waals surface area (Å²) in [6, 6.07) is 4.47. The minimum atomic E-state index is -4.33. The Morgan fingerprint density at radius 3 is 2.62 bits per heavy atom. The van der Waals surface area contributed by atoms with Crippen LogP contribution in [0.1, 0.15) is 53.3 Å². The van der Waals surface area contributed by atoms with Gasteiger partial charge in [-0.1, -0.05) is 0 Å². The van der Waals surface area contributed by atoms with Crippen molar-refractivity contribution < 1.29 is 42.8 Å². The van der Waals surface area contributed by atoms with Crippen molar-refractivity contribution >= 4 is 25.1 Å². The van der Waals surface area contributed by atoms with Crippen LogP contribution in [0.5, 0.6) is 0 Å². The van der Waals surface area contributed by atoms with Crippen molar-refractivity contribution in [1.82, 2.24) is 19.7 Å². The van der Waals surface area contributed by atoms with Crippen molar-refractivity contribution in [3.8, 4) is 6.07 Å². The number of hydrogen-bond acceptors (Lipinski definition) is 13. The minimum Gasteiger partial charge on any atom is -0.461 e. The van der Waals surface area contributed by atoms with Gasteiger partial charge in [0.2, 0.25) is 0 Å². The van der Waals surface area contributed by atoms with Gasteiger partial charge < -0.3 is 30.2 Å². The maximum absolute atomic E-state index is 13.7. The molecular formula is C24H37N6O9P. The Morgan fingerprint density at radius 1 is 1.30 bits per heavy atom. The van der Waals surface area contributed by atoms with Crippen molar-refractivity contribution in [2.75, 3.05) is 18.9 Å². The summed E-state index contributed by atoms with van der Waals surface area (Å²) in [6.07, 6.45) is -4.42. The van der Waals surface area contributed by atoms with Crippen LogP contribution >= 0.6 is 7.75 Å². The zero-order valence-corrected chi connectivity index (χ0v) is 24.1. The molecule has 40 heavy (non-hydrogen) atoms. The first-order chi connectivity index (χ1) is 18.7. The largest absolute Gasteiger partial charge is 0.461 e. The summed E-state index contributed by atoms with van der Waals surface area (Å²) in [4.78, 5) is 16.0. The van der Waals surface area contributed by atoms with Gasteiger partial charge in [0, 0.05) is 0 Å². The number of nitrogen functional groups attached to an aromatic ring is 1. The monoisotopic (exact) mass is 584 g/mol. The van der Waals surface area contributed by atoms with Crippen LogP contribution in [0.4, 0.5) is 5.82 Å². The Balaban J connectivity index is 1.81. The standard InChI is InChI=1S/C24H37N6O9P/c1-13(2)37-19(31)10-36-40(34,29-15(5)23(33)38-14(3)4)35-9-18-20(32)24(6,11-25)21(39-18)16-7-8-17-22(26)27-12-28-30(16)17/h7-8,12-15,18,20-21,23,32-33H,9-10H2,1-6H3,(H,29,34)(H2,26,27,28)/t15-,18+,20+,21-,23?,24+,40?/m0/s1. The SMILES string of the molecule is CC(C)OC(=O)COP(=O)(N[C@@H](C)C(O)OC(C)C)OC[C@H]1O[C@@H](c2ccc3c(N)ncnn23)[C@](C)(C#N)[C@@H]1O. The molecule has 0 aromatic carbocycles. The summed E-state index contributed by atoms with van der Waals surface area (Å²) < 4.78 is 42.4. The van der Waals surface area contributed by atoms with Crippen molar-refractivity contribution in [2.45, 2.75) is 84.4 Å². The molecule has 0 radical (unpaired) electrons. The number of aromatic nitrogens is 3. The molecule has 2 aromatic heterocycles. The number of hydrogen-bond donors (Lipinski definition) is 4. The van der Waals surface area contributed by atoms with Gasteiger partial charge in [-0.2, -0.15) is 10.4 Å². The molecule has 16 heteroatoms. The van der Waals surface area contributed by atoms with E-state index in [2.05, 4.69) is 21.2 Å². The molecule has 2 aromatic rings. The second kappa shape index (κ2) is 12.9. The lowest BCUT2D eigenvalue weighted by atomic mass is 9.79. The molecule has 0 saturated carbocycles. The van der Waals surface area contributed by atoms with Crippen molar-refractivity contribution in [3.63, 3.8) is 0 Å². The van der Waals surface area contributed by atoms with Crippen molar-refractivity contribution in [1.29, 1.82) is 5.26 Å². The fraction of sp³-hybridized carbons (Fsp3) is 0.667. The minimum absolute atomic E-state index is 0.219. The first-order valence-corrected chi connectivity index (χ1v) is 14.3. The van der Waals surface area contributed by atoms with E-state index in [9.17, 15) is 24.8 Å². The zero-order chi connectivity index (χ0) is 29.8. The second-order valence-corrected chi connectivity index (χ2v) is 12.0. The molecule has 2 unspecified atom stereocenters. The molecule has 1 fully saturated rings. The van der Waals surface area contributed by atoms with Crippen LogP contribution in [-0.4, -0.2) is 80.7 Å². The van der Waals surface area contributed by atoms with Crippen molar-refractivity contribution in [2.24, 2.45) is 5.41 Å². The van der Waals surface area contributed by atoms with Gasteiger partial charge in [0.05, 0.1) is 36.6 Å². The first-order valence-electron chi connectivity index (χ1n) is 12.7. The Bertz CT molecular complexity index is 1270. The lowest BCUT2D eigenvalue weighted by molar-refractivity contribution is -0.150. The summed E-state index contributed by atoms with van der Waals surface area (Å²) in [5, 5.41) is 38.1. The normalized spacial score (nSPS) is 26.1. The third-order valence-electron chi connectivity index (χ3n) is 6.17. The first kappa shape index (κ1) is 31.9. The van der Waals surface area contributed by atoms with Gasteiger partial charge in [-0.25, -0.2) is 23.9 Å². The van der Waals surface area contributed by atoms with Crippen LogP contribution in [-0.2, 0) is 32.6 Å². The number of esters is 1. The van der Waals surface area contributed by atoms with Crippen molar-refractivity contribution in [3.05, 3.63) is 24.2 Å². The third-order valence-corrected chi connectivity index (χ3v) is 7.85. The van der Waals surface area contributed by atoms with E-state index in [4.69, 9.17) is 29.0 Å². The molecule has 0 aliphatic carbocycles. The Hall–Kier alpha value is -2.67. The number of carbonyl (C=O) groups excluding carboxylic acids is 1. The lowest BCUT2D eigenvalue weighted by Gasteiger charge is -2.28. The van der Waals surface area contributed by atoms with E-state index in [1.807, 2.05) is 0 Å². The molecular weight excluding hydrogens is 547 g/mol. The molecule has 222 valence electrons. The van der Waals surface area contributed by atoms with E-state index in [1.54, 1.807) is 39.8 Å². The van der Waals surface area contributed by atoms with Gasteiger partial charge in [0.1, 0.15) is 35.6 Å². The number of nitrogens with two attached hydrogens (primary N) is 1. The summed E-state index contributed by atoms with van der Waals surface area (Å²) in [6.45, 7) is 8.47.